The Balaban J connectivity index is 1.42. The molecule has 6 nitrogen and oxygen atoms in total. The average Bonchev–Trinajstić information content (AvgIpc) is 3.41. The summed E-state index contributed by atoms with van der Waals surface area (Å²) in [6, 6.07) is 19.1. The van der Waals surface area contributed by atoms with Gasteiger partial charge in [0.2, 0.25) is 5.91 Å². The van der Waals surface area contributed by atoms with Gasteiger partial charge in [-0.15, -0.1) is 11.3 Å². The molecule has 0 saturated heterocycles. The van der Waals surface area contributed by atoms with E-state index in [0.717, 1.165) is 16.9 Å². The molecule has 0 unspecified atom stereocenters. The van der Waals surface area contributed by atoms with Crippen LogP contribution < -0.4 is 10.6 Å². The van der Waals surface area contributed by atoms with Gasteiger partial charge in [-0.3, -0.25) is 14.0 Å². The van der Waals surface area contributed by atoms with Crippen LogP contribution in [-0.2, 0) is 4.79 Å². The van der Waals surface area contributed by atoms with E-state index in [-0.39, 0.29) is 11.8 Å². The number of nitrogens with one attached hydrogen (secondary N) is 2. The van der Waals surface area contributed by atoms with Crippen LogP contribution in [0.5, 0.6) is 0 Å². The highest BCUT2D eigenvalue weighted by Crippen LogP contribution is 2.28. The van der Waals surface area contributed by atoms with Crippen LogP contribution in [0.1, 0.15) is 22.5 Å². The predicted octanol–water partition coefficient (Wildman–Crippen LogP) is 4.21. The van der Waals surface area contributed by atoms with Crippen molar-refractivity contribution in [2.24, 2.45) is 0 Å². The van der Waals surface area contributed by atoms with E-state index in [9.17, 15) is 9.59 Å². The molecule has 0 atom stereocenters. The summed E-state index contributed by atoms with van der Waals surface area (Å²) in [5.74, 6) is 0.436. The summed E-state index contributed by atoms with van der Waals surface area (Å²) in [4.78, 5) is 29.8. The summed E-state index contributed by atoms with van der Waals surface area (Å²) < 4.78 is 1.87. The van der Waals surface area contributed by atoms with Gasteiger partial charge in [0.1, 0.15) is 17.2 Å². The summed E-state index contributed by atoms with van der Waals surface area (Å²) in [5.41, 5.74) is 2.44. The Labute approximate surface area is 172 Å². The van der Waals surface area contributed by atoms with E-state index in [1.54, 1.807) is 6.07 Å². The van der Waals surface area contributed by atoms with Crippen LogP contribution in [0, 0.1) is 0 Å². The molecule has 0 spiro atoms. The molecular formula is C22H20N4O2S. The third-order valence-electron chi connectivity index (χ3n) is 4.45. The Bertz CT molecular complexity index is 1120. The summed E-state index contributed by atoms with van der Waals surface area (Å²) >= 11 is 1.40. The number of carbonyl (C=O) groups excluding carboxylic acids is 2. The normalized spacial score (nSPS) is 10.8. The molecule has 2 amide bonds. The van der Waals surface area contributed by atoms with Gasteiger partial charge in [0.05, 0.1) is 4.88 Å². The van der Waals surface area contributed by atoms with Gasteiger partial charge in [-0.05, 0) is 30.0 Å². The maximum Gasteiger partial charge on any atom is 0.261 e. The number of hydrogen-bond donors (Lipinski definition) is 2. The summed E-state index contributed by atoms with van der Waals surface area (Å²) in [5, 5.41) is 7.70. The van der Waals surface area contributed by atoms with Crippen LogP contribution >= 0.6 is 11.3 Å². The lowest BCUT2D eigenvalue weighted by atomic mass is 10.1. The largest absolute Gasteiger partial charge is 0.351 e. The first-order chi connectivity index (χ1) is 14.2. The minimum Gasteiger partial charge on any atom is -0.351 e. The number of hydrogen-bond acceptors (Lipinski definition) is 4. The number of carbonyl (C=O) groups is 2. The number of benzene rings is 1. The van der Waals surface area contributed by atoms with Crippen LogP contribution in [0.15, 0.2) is 72.2 Å². The lowest BCUT2D eigenvalue weighted by molar-refractivity contribution is -0.116. The minimum atomic E-state index is -0.113. The Morgan fingerprint density at radius 2 is 1.83 bits per heavy atom. The van der Waals surface area contributed by atoms with Gasteiger partial charge in [0.15, 0.2) is 0 Å². The SMILES string of the molecule is O=C(CCCNC(=O)c1cccs1)Nc1c(-c2ccccc2)nc2ccccn12. The van der Waals surface area contributed by atoms with E-state index >= 15 is 0 Å². The van der Waals surface area contributed by atoms with Crippen LogP contribution in [0.3, 0.4) is 0 Å². The van der Waals surface area contributed by atoms with Gasteiger partial charge in [0.25, 0.3) is 5.91 Å². The monoisotopic (exact) mass is 404 g/mol. The molecule has 3 heterocycles. The third-order valence-corrected chi connectivity index (χ3v) is 5.31. The van der Waals surface area contributed by atoms with Gasteiger partial charge in [-0.1, -0.05) is 42.5 Å². The molecule has 146 valence electrons. The Morgan fingerprint density at radius 3 is 2.62 bits per heavy atom. The fraction of sp³-hybridized carbons (Fsp3) is 0.136. The smallest absolute Gasteiger partial charge is 0.261 e. The fourth-order valence-corrected chi connectivity index (χ4v) is 3.69. The lowest BCUT2D eigenvalue weighted by Crippen LogP contribution is -2.24. The van der Waals surface area contributed by atoms with E-state index in [2.05, 4.69) is 15.6 Å². The molecule has 7 heteroatoms. The van der Waals surface area contributed by atoms with Crippen molar-refractivity contribution in [3.63, 3.8) is 0 Å². The number of rotatable bonds is 7. The Morgan fingerprint density at radius 1 is 1.00 bits per heavy atom. The van der Waals surface area contributed by atoms with Crippen LogP contribution in [0.25, 0.3) is 16.9 Å². The number of pyridine rings is 1. The van der Waals surface area contributed by atoms with Gasteiger partial charge in [-0.25, -0.2) is 4.98 Å². The molecule has 4 aromatic rings. The molecule has 0 fully saturated rings. The maximum atomic E-state index is 12.5. The zero-order valence-corrected chi connectivity index (χ0v) is 16.5. The van der Waals surface area contributed by atoms with Crippen LogP contribution in [0.2, 0.25) is 0 Å². The number of aromatic nitrogens is 2. The van der Waals surface area contributed by atoms with Gasteiger partial charge < -0.3 is 10.6 Å². The quantitative estimate of drug-likeness (QED) is 0.453. The Hall–Kier alpha value is -3.45. The molecule has 0 bridgehead atoms. The number of fused-ring (bicyclic) bond motifs is 1. The lowest BCUT2D eigenvalue weighted by Gasteiger charge is -2.08. The molecular weight excluding hydrogens is 384 g/mol. The molecule has 1 aromatic carbocycles. The van der Waals surface area contributed by atoms with Crippen LogP contribution in [0.4, 0.5) is 5.82 Å². The van der Waals surface area contributed by atoms with Crippen molar-refractivity contribution in [3.05, 3.63) is 77.1 Å². The first kappa shape index (κ1) is 18.9. The van der Waals surface area contributed by atoms with E-state index in [4.69, 9.17) is 0 Å². The molecule has 0 aliphatic heterocycles. The number of imidazole rings is 1. The zero-order chi connectivity index (χ0) is 20.1. The van der Waals surface area contributed by atoms with Gasteiger partial charge >= 0.3 is 0 Å². The van der Waals surface area contributed by atoms with Gasteiger partial charge in [0, 0.05) is 24.7 Å². The molecule has 0 aliphatic rings. The second kappa shape index (κ2) is 8.70. The van der Waals surface area contributed by atoms with Crippen molar-refractivity contribution in [2.45, 2.75) is 12.8 Å². The van der Waals surface area contributed by atoms with Crippen molar-refractivity contribution < 1.29 is 9.59 Å². The molecule has 0 saturated carbocycles. The van der Waals surface area contributed by atoms with Gasteiger partial charge in [-0.2, -0.15) is 0 Å². The molecule has 3 aromatic heterocycles. The van der Waals surface area contributed by atoms with Crippen LogP contribution in [-0.4, -0.2) is 27.7 Å². The zero-order valence-electron chi connectivity index (χ0n) is 15.7. The summed E-state index contributed by atoms with van der Waals surface area (Å²) in [6.07, 6.45) is 2.74. The summed E-state index contributed by atoms with van der Waals surface area (Å²) in [6.45, 7) is 0.447. The van der Waals surface area contributed by atoms with Crippen molar-refractivity contribution in [2.75, 3.05) is 11.9 Å². The second-order valence-corrected chi connectivity index (χ2v) is 7.44. The first-order valence-corrected chi connectivity index (χ1v) is 10.2. The predicted molar refractivity (Wildman–Crippen MR) is 115 cm³/mol. The molecule has 29 heavy (non-hydrogen) atoms. The molecule has 0 radical (unpaired) electrons. The standard InChI is InChI=1S/C22H20N4O2S/c27-19(12-6-13-23-22(28)17-10-7-15-29-17)25-21-20(16-8-2-1-3-9-16)24-18-11-4-5-14-26(18)21/h1-5,7-11,14-15H,6,12-13H2,(H,23,28)(H,25,27). The van der Waals surface area contributed by atoms with E-state index in [0.29, 0.717) is 30.1 Å². The van der Waals surface area contributed by atoms with E-state index in [1.165, 1.54) is 11.3 Å². The van der Waals surface area contributed by atoms with Crippen molar-refractivity contribution in [1.29, 1.82) is 0 Å². The number of nitrogens with zero attached hydrogens (tertiary/aromatic N) is 2. The number of thiophene rings is 1. The van der Waals surface area contributed by atoms with E-state index < -0.39 is 0 Å². The van der Waals surface area contributed by atoms with Crippen molar-refractivity contribution in [3.8, 4) is 11.3 Å². The highest BCUT2D eigenvalue weighted by Gasteiger charge is 2.16. The second-order valence-electron chi connectivity index (χ2n) is 6.49. The number of anilines is 1. The average molecular weight is 404 g/mol. The van der Waals surface area contributed by atoms with Crippen molar-refractivity contribution >= 4 is 34.6 Å². The third kappa shape index (κ3) is 4.35. The Kier molecular flexibility index (Phi) is 5.67. The maximum absolute atomic E-state index is 12.5. The van der Waals surface area contributed by atoms with E-state index in [1.807, 2.05) is 70.6 Å². The molecule has 2 N–H and O–H groups in total. The number of amides is 2. The molecule has 0 aliphatic carbocycles. The molecule has 4 rings (SSSR count). The first-order valence-electron chi connectivity index (χ1n) is 9.36. The fourth-order valence-electron chi connectivity index (χ4n) is 3.05. The highest BCUT2D eigenvalue weighted by molar-refractivity contribution is 7.12. The summed E-state index contributed by atoms with van der Waals surface area (Å²) in [7, 11) is 0. The van der Waals surface area contributed by atoms with Crippen molar-refractivity contribution in [1.82, 2.24) is 14.7 Å². The minimum absolute atomic E-state index is 0.103. The highest BCUT2D eigenvalue weighted by atomic mass is 32.1. The topological polar surface area (TPSA) is 75.5 Å².